The van der Waals surface area contributed by atoms with Crippen molar-refractivity contribution in [1.82, 2.24) is 4.83 Å². The van der Waals surface area contributed by atoms with Crippen molar-refractivity contribution in [3.8, 4) is 0 Å². The lowest BCUT2D eigenvalue weighted by atomic mass is 10.2. The highest BCUT2D eigenvalue weighted by Gasteiger charge is 2.11. The van der Waals surface area contributed by atoms with Gasteiger partial charge in [0.15, 0.2) is 0 Å². The number of nitrogens with one attached hydrogen (secondary N) is 1. The average molecular weight is 366 g/mol. The van der Waals surface area contributed by atoms with E-state index < -0.39 is 10.0 Å². The van der Waals surface area contributed by atoms with Crippen molar-refractivity contribution < 1.29 is 8.42 Å². The van der Waals surface area contributed by atoms with Gasteiger partial charge in [0.1, 0.15) is 0 Å². The number of halogens is 1. The topological polar surface area (TPSA) is 61.8 Å². The average Bonchev–Trinajstić information content (AvgIpc) is 2.57. The van der Waals surface area contributed by atoms with Gasteiger partial charge in [-0.3, -0.25) is 0 Å². The Morgan fingerprint density at radius 1 is 1.04 bits per heavy atom. The van der Waals surface area contributed by atoms with Crippen molar-refractivity contribution in [2.45, 2.75) is 18.7 Å². The number of nitrogens with zero attached hydrogens (tertiary/aromatic N) is 2. The van der Waals surface area contributed by atoms with Crippen molar-refractivity contribution in [2.24, 2.45) is 5.10 Å². The number of benzene rings is 2. The highest BCUT2D eigenvalue weighted by molar-refractivity contribution is 7.89. The van der Waals surface area contributed by atoms with E-state index in [0.29, 0.717) is 5.02 Å². The summed E-state index contributed by atoms with van der Waals surface area (Å²) in [6.45, 7) is 6.07. The molecule has 128 valence electrons. The normalized spacial score (nSPS) is 11.6. The summed E-state index contributed by atoms with van der Waals surface area (Å²) in [5, 5.41) is 4.29. The summed E-state index contributed by atoms with van der Waals surface area (Å²) in [5.74, 6) is 0. The van der Waals surface area contributed by atoms with E-state index in [9.17, 15) is 8.42 Å². The predicted molar refractivity (Wildman–Crippen MR) is 99.4 cm³/mol. The summed E-state index contributed by atoms with van der Waals surface area (Å²) < 4.78 is 24.2. The van der Waals surface area contributed by atoms with Crippen LogP contribution in [0, 0.1) is 0 Å². The van der Waals surface area contributed by atoms with E-state index in [-0.39, 0.29) is 4.90 Å². The van der Waals surface area contributed by atoms with E-state index in [1.165, 1.54) is 30.5 Å². The molecule has 0 fully saturated rings. The van der Waals surface area contributed by atoms with Gasteiger partial charge in [0.05, 0.1) is 11.1 Å². The molecule has 2 aromatic carbocycles. The Morgan fingerprint density at radius 3 is 2.17 bits per heavy atom. The van der Waals surface area contributed by atoms with Crippen LogP contribution >= 0.6 is 11.6 Å². The lowest BCUT2D eigenvalue weighted by Crippen LogP contribution is -2.21. The Kier molecular flexibility index (Phi) is 6.23. The first kappa shape index (κ1) is 18.3. The van der Waals surface area contributed by atoms with E-state index in [2.05, 4.69) is 28.7 Å². The Bertz CT molecular complexity index is 784. The second kappa shape index (κ2) is 8.17. The van der Waals surface area contributed by atoms with Gasteiger partial charge in [0, 0.05) is 23.8 Å². The third-order valence-electron chi connectivity index (χ3n) is 3.53. The van der Waals surface area contributed by atoms with E-state index in [1.54, 1.807) is 0 Å². The minimum atomic E-state index is -3.69. The molecule has 0 atom stereocenters. The largest absolute Gasteiger partial charge is 0.372 e. The molecule has 2 rings (SSSR count). The molecule has 2 aromatic rings. The molecular weight excluding hydrogens is 346 g/mol. The van der Waals surface area contributed by atoms with Gasteiger partial charge in [-0.2, -0.15) is 13.5 Å². The summed E-state index contributed by atoms with van der Waals surface area (Å²) in [5.41, 5.74) is 1.93. The quantitative estimate of drug-likeness (QED) is 0.603. The molecule has 0 heterocycles. The minimum absolute atomic E-state index is 0.112. The fourth-order valence-corrected chi connectivity index (χ4v) is 3.11. The van der Waals surface area contributed by atoms with Crippen LogP contribution in [0.3, 0.4) is 0 Å². The molecule has 0 aromatic heterocycles. The standard InChI is InChI=1S/C17H20ClN3O2S/c1-3-21(4-2)16-9-5-14(6-10-16)13-19-20-24(22,23)17-11-7-15(18)8-12-17/h5-13,20H,3-4H2,1-2H3/b19-13-. The molecular formula is C17H20ClN3O2S. The summed E-state index contributed by atoms with van der Waals surface area (Å²) in [4.78, 5) is 4.53. The van der Waals surface area contributed by atoms with Crippen LogP contribution in [0.1, 0.15) is 19.4 Å². The molecule has 0 amide bonds. The maximum atomic E-state index is 12.1. The van der Waals surface area contributed by atoms with Gasteiger partial charge < -0.3 is 4.90 Å². The lowest BCUT2D eigenvalue weighted by molar-refractivity contribution is 0.584. The second-order valence-electron chi connectivity index (χ2n) is 5.07. The van der Waals surface area contributed by atoms with Crippen LogP contribution in [0.2, 0.25) is 5.02 Å². The van der Waals surface area contributed by atoms with Crippen LogP contribution in [-0.4, -0.2) is 27.7 Å². The summed E-state index contributed by atoms with van der Waals surface area (Å²) >= 11 is 5.75. The van der Waals surface area contributed by atoms with Gasteiger partial charge in [-0.1, -0.05) is 23.7 Å². The number of hydrogen-bond acceptors (Lipinski definition) is 4. The third kappa shape index (κ3) is 4.72. The molecule has 7 heteroatoms. The Balaban J connectivity index is 2.04. The highest BCUT2D eigenvalue weighted by Crippen LogP contribution is 2.15. The fraction of sp³-hybridized carbons (Fsp3) is 0.235. The number of rotatable bonds is 7. The number of hydrogen-bond donors (Lipinski definition) is 1. The maximum Gasteiger partial charge on any atom is 0.276 e. The predicted octanol–water partition coefficient (Wildman–Crippen LogP) is 3.50. The van der Waals surface area contributed by atoms with Gasteiger partial charge in [0.2, 0.25) is 0 Å². The number of anilines is 1. The summed E-state index contributed by atoms with van der Waals surface area (Å²) in [6.07, 6.45) is 1.47. The van der Waals surface area contributed by atoms with Crippen molar-refractivity contribution in [2.75, 3.05) is 18.0 Å². The van der Waals surface area contributed by atoms with Crippen LogP contribution in [0.5, 0.6) is 0 Å². The van der Waals surface area contributed by atoms with Crippen molar-refractivity contribution in [3.05, 3.63) is 59.1 Å². The monoisotopic (exact) mass is 365 g/mol. The molecule has 1 N–H and O–H groups in total. The molecule has 0 spiro atoms. The smallest absolute Gasteiger partial charge is 0.276 e. The Labute approximate surface area is 148 Å². The molecule has 0 radical (unpaired) electrons. The molecule has 5 nitrogen and oxygen atoms in total. The van der Waals surface area contributed by atoms with E-state index in [0.717, 1.165) is 24.3 Å². The molecule has 0 saturated heterocycles. The van der Waals surface area contributed by atoms with E-state index in [1.807, 2.05) is 24.3 Å². The van der Waals surface area contributed by atoms with Crippen molar-refractivity contribution in [1.29, 1.82) is 0 Å². The zero-order valence-corrected chi connectivity index (χ0v) is 15.2. The van der Waals surface area contributed by atoms with Gasteiger partial charge in [0.25, 0.3) is 10.0 Å². The summed E-state index contributed by atoms with van der Waals surface area (Å²) in [6, 6.07) is 13.7. The third-order valence-corrected chi connectivity index (χ3v) is 5.02. The zero-order chi connectivity index (χ0) is 17.6. The molecule has 0 aliphatic heterocycles. The van der Waals surface area contributed by atoms with Crippen LogP contribution < -0.4 is 9.73 Å². The molecule has 0 saturated carbocycles. The zero-order valence-electron chi connectivity index (χ0n) is 13.6. The number of hydrazone groups is 1. The van der Waals surface area contributed by atoms with Crippen LogP contribution in [0.15, 0.2) is 58.5 Å². The molecule has 0 unspecified atom stereocenters. The van der Waals surface area contributed by atoms with Gasteiger partial charge in [-0.25, -0.2) is 4.83 Å². The van der Waals surface area contributed by atoms with E-state index in [4.69, 9.17) is 11.6 Å². The van der Waals surface area contributed by atoms with Crippen LogP contribution in [0.4, 0.5) is 5.69 Å². The maximum absolute atomic E-state index is 12.1. The first-order valence-electron chi connectivity index (χ1n) is 7.61. The Hall–Kier alpha value is -2.05. The molecule has 0 aliphatic carbocycles. The highest BCUT2D eigenvalue weighted by atomic mass is 35.5. The molecule has 0 bridgehead atoms. The first-order chi connectivity index (χ1) is 11.5. The SMILES string of the molecule is CCN(CC)c1ccc(/C=N\NS(=O)(=O)c2ccc(Cl)cc2)cc1. The van der Waals surface area contributed by atoms with Gasteiger partial charge >= 0.3 is 0 Å². The second-order valence-corrected chi connectivity index (χ2v) is 7.17. The summed E-state index contributed by atoms with van der Waals surface area (Å²) in [7, 11) is -3.69. The lowest BCUT2D eigenvalue weighted by Gasteiger charge is -2.20. The van der Waals surface area contributed by atoms with Gasteiger partial charge in [-0.05, 0) is 55.8 Å². The first-order valence-corrected chi connectivity index (χ1v) is 9.48. The fourth-order valence-electron chi connectivity index (χ4n) is 2.20. The van der Waals surface area contributed by atoms with Crippen molar-refractivity contribution >= 4 is 33.5 Å². The van der Waals surface area contributed by atoms with Crippen LogP contribution in [-0.2, 0) is 10.0 Å². The Morgan fingerprint density at radius 2 is 1.62 bits per heavy atom. The molecule has 24 heavy (non-hydrogen) atoms. The minimum Gasteiger partial charge on any atom is -0.372 e. The number of sulfonamides is 1. The van der Waals surface area contributed by atoms with Gasteiger partial charge in [-0.15, -0.1) is 0 Å². The van der Waals surface area contributed by atoms with Crippen molar-refractivity contribution in [3.63, 3.8) is 0 Å². The molecule has 0 aliphatic rings. The van der Waals surface area contributed by atoms with Crippen LogP contribution in [0.25, 0.3) is 0 Å². The van der Waals surface area contributed by atoms with E-state index >= 15 is 0 Å².